The number of aliphatic hydroxyl groups is 1. The third kappa shape index (κ3) is 5.05. The molecule has 0 saturated carbocycles. The highest BCUT2D eigenvalue weighted by Crippen LogP contribution is 2.17. The minimum atomic E-state index is -0.224. The fraction of sp³-hybridized carbons (Fsp3) is 0.500. The lowest BCUT2D eigenvalue weighted by molar-refractivity contribution is 0.283. The molecular weight excluding hydrogens is 273 g/mol. The van der Waals surface area contributed by atoms with Crippen molar-refractivity contribution in [3.8, 4) is 0 Å². The van der Waals surface area contributed by atoms with Gasteiger partial charge in [0.1, 0.15) is 5.82 Å². The third-order valence-electron chi connectivity index (χ3n) is 2.34. The zero-order chi connectivity index (χ0) is 11.8. The van der Waals surface area contributed by atoms with Crippen molar-refractivity contribution in [3.05, 3.63) is 34.1 Å². The van der Waals surface area contributed by atoms with E-state index in [-0.39, 0.29) is 12.4 Å². The van der Waals surface area contributed by atoms with Crippen molar-refractivity contribution in [2.75, 3.05) is 13.2 Å². The molecule has 0 fully saturated rings. The molecule has 4 heteroatoms. The lowest BCUT2D eigenvalue weighted by atomic mass is 10.2. The Morgan fingerprint density at radius 3 is 2.75 bits per heavy atom. The molecule has 2 nitrogen and oxygen atoms in total. The number of rotatable bonds is 7. The van der Waals surface area contributed by atoms with Crippen LogP contribution < -0.4 is 5.32 Å². The smallest absolute Gasteiger partial charge is 0.124 e. The van der Waals surface area contributed by atoms with E-state index in [1.165, 1.54) is 12.1 Å². The summed E-state index contributed by atoms with van der Waals surface area (Å²) in [5.74, 6) is -0.224. The SMILES string of the molecule is OCCCCCNCc1ccc(F)cc1Br. The van der Waals surface area contributed by atoms with Gasteiger partial charge in [-0.05, 0) is 43.5 Å². The minimum Gasteiger partial charge on any atom is -0.396 e. The molecule has 2 N–H and O–H groups in total. The maximum Gasteiger partial charge on any atom is 0.124 e. The second-order valence-corrected chi connectivity index (χ2v) is 4.55. The van der Waals surface area contributed by atoms with E-state index in [1.807, 2.05) is 0 Å². The van der Waals surface area contributed by atoms with Gasteiger partial charge in [-0.3, -0.25) is 0 Å². The average Bonchev–Trinajstić information content (AvgIpc) is 2.26. The van der Waals surface area contributed by atoms with Gasteiger partial charge in [0, 0.05) is 17.6 Å². The Morgan fingerprint density at radius 2 is 2.06 bits per heavy atom. The maximum atomic E-state index is 12.8. The summed E-state index contributed by atoms with van der Waals surface area (Å²) < 4.78 is 13.6. The fourth-order valence-electron chi connectivity index (χ4n) is 1.43. The Labute approximate surface area is 104 Å². The molecule has 0 saturated heterocycles. The standard InChI is InChI=1S/C12H17BrFNO/c13-12-8-11(14)5-4-10(12)9-15-6-2-1-3-7-16/h4-5,8,15-16H,1-3,6-7,9H2. The summed E-state index contributed by atoms with van der Waals surface area (Å²) in [6.07, 6.45) is 2.95. The van der Waals surface area contributed by atoms with Crippen LogP contribution in [-0.2, 0) is 6.54 Å². The average molecular weight is 290 g/mol. The molecule has 0 bridgehead atoms. The Bertz CT molecular complexity index is 320. The summed E-state index contributed by atoms with van der Waals surface area (Å²) in [6.45, 7) is 1.92. The van der Waals surface area contributed by atoms with E-state index >= 15 is 0 Å². The number of hydrogen-bond acceptors (Lipinski definition) is 2. The van der Waals surface area contributed by atoms with Crippen LogP contribution >= 0.6 is 15.9 Å². The van der Waals surface area contributed by atoms with Crippen LogP contribution in [-0.4, -0.2) is 18.3 Å². The van der Waals surface area contributed by atoms with Crippen LogP contribution in [0, 0.1) is 5.82 Å². The van der Waals surface area contributed by atoms with Crippen molar-refractivity contribution in [1.29, 1.82) is 0 Å². The maximum absolute atomic E-state index is 12.8. The number of hydrogen-bond donors (Lipinski definition) is 2. The van der Waals surface area contributed by atoms with Crippen molar-refractivity contribution < 1.29 is 9.50 Å². The molecule has 1 aromatic rings. The van der Waals surface area contributed by atoms with Crippen molar-refractivity contribution >= 4 is 15.9 Å². The first-order valence-corrected chi connectivity index (χ1v) is 6.29. The van der Waals surface area contributed by atoms with Crippen LogP contribution in [0.3, 0.4) is 0 Å². The Balaban J connectivity index is 2.21. The third-order valence-corrected chi connectivity index (χ3v) is 3.08. The molecule has 0 amide bonds. The minimum absolute atomic E-state index is 0.224. The van der Waals surface area contributed by atoms with E-state index in [1.54, 1.807) is 6.07 Å². The largest absolute Gasteiger partial charge is 0.396 e. The molecule has 0 aliphatic carbocycles. The Hall–Kier alpha value is -0.450. The lowest BCUT2D eigenvalue weighted by Gasteiger charge is -2.06. The second kappa shape index (κ2) is 7.76. The molecule has 1 aromatic carbocycles. The Morgan fingerprint density at radius 1 is 1.25 bits per heavy atom. The zero-order valence-electron chi connectivity index (χ0n) is 9.18. The quantitative estimate of drug-likeness (QED) is 0.757. The van der Waals surface area contributed by atoms with E-state index in [0.29, 0.717) is 0 Å². The molecule has 0 radical (unpaired) electrons. The van der Waals surface area contributed by atoms with E-state index < -0.39 is 0 Å². The van der Waals surface area contributed by atoms with Gasteiger partial charge in [0.05, 0.1) is 0 Å². The van der Waals surface area contributed by atoms with Crippen LogP contribution in [0.1, 0.15) is 24.8 Å². The fourth-order valence-corrected chi connectivity index (χ4v) is 1.92. The van der Waals surface area contributed by atoms with Gasteiger partial charge in [-0.25, -0.2) is 4.39 Å². The van der Waals surface area contributed by atoms with Crippen molar-refractivity contribution in [2.45, 2.75) is 25.8 Å². The predicted octanol–water partition coefficient (Wildman–Crippen LogP) is 2.84. The van der Waals surface area contributed by atoms with Gasteiger partial charge in [-0.15, -0.1) is 0 Å². The monoisotopic (exact) mass is 289 g/mol. The first-order valence-electron chi connectivity index (χ1n) is 5.49. The molecule has 1 rings (SSSR count). The predicted molar refractivity (Wildman–Crippen MR) is 66.7 cm³/mol. The highest BCUT2D eigenvalue weighted by Gasteiger charge is 2.00. The highest BCUT2D eigenvalue weighted by atomic mass is 79.9. The van der Waals surface area contributed by atoms with Crippen LogP contribution in [0.4, 0.5) is 4.39 Å². The lowest BCUT2D eigenvalue weighted by Crippen LogP contribution is -2.15. The molecule has 90 valence electrons. The van der Waals surface area contributed by atoms with Gasteiger partial charge in [0.25, 0.3) is 0 Å². The molecule has 0 heterocycles. The molecule has 16 heavy (non-hydrogen) atoms. The number of halogens is 2. The Kier molecular flexibility index (Phi) is 6.61. The van der Waals surface area contributed by atoms with Gasteiger partial charge in [-0.2, -0.15) is 0 Å². The van der Waals surface area contributed by atoms with E-state index in [9.17, 15) is 4.39 Å². The van der Waals surface area contributed by atoms with Gasteiger partial charge in [-0.1, -0.05) is 22.0 Å². The molecule has 0 aliphatic heterocycles. The van der Waals surface area contributed by atoms with Gasteiger partial charge < -0.3 is 10.4 Å². The summed E-state index contributed by atoms with van der Waals surface area (Å²) in [6, 6.07) is 4.72. The number of benzene rings is 1. The van der Waals surface area contributed by atoms with Crippen molar-refractivity contribution in [1.82, 2.24) is 5.32 Å². The molecule has 0 unspecified atom stereocenters. The normalized spacial score (nSPS) is 10.7. The second-order valence-electron chi connectivity index (χ2n) is 3.70. The molecule has 0 aliphatic rings. The van der Waals surface area contributed by atoms with Crippen LogP contribution in [0.2, 0.25) is 0 Å². The van der Waals surface area contributed by atoms with Gasteiger partial charge in [0.15, 0.2) is 0 Å². The molecular formula is C12H17BrFNO. The summed E-state index contributed by atoms with van der Waals surface area (Å²) >= 11 is 3.33. The topological polar surface area (TPSA) is 32.3 Å². The highest BCUT2D eigenvalue weighted by molar-refractivity contribution is 9.10. The van der Waals surface area contributed by atoms with E-state index in [4.69, 9.17) is 5.11 Å². The van der Waals surface area contributed by atoms with E-state index in [2.05, 4.69) is 21.2 Å². The summed E-state index contributed by atoms with van der Waals surface area (Å²) in [5.41, 5.74) is 1.06. The summed E-state index contributed by atoms with van der Waals surface area (Å²) in [5, 5.41) is 11.9. The molecule has 0 aromatic heterocycles. The van der Waals surface area contributed by atoms with Crippen LogP contribution in [0.25, 0.3) is 0 Å². The zero-order valence-corrected chi connectivity index (χ0v) is 10.8. The number of aliphatic hydroxyl groups excluding tert-OH is 1. The van der Waals surface area contributed by atoms with E-state index in [0.717, 1.165) is 42.4 Å². The number of nitrogens with one attached hydrogen (secondary N) is 1. The number of unbranched alkanes of at least 4 members (excludes halogenated alkanes) is 2. The first-order chi connectivity index (χ1) is 7.74. The van der Waals surface area contributed by atoms with Crippen LogP contribution in [0.5, 0.6) is 0 Å². The summed E-state index contributed by atoms with van der Waals surface area (Å²) in [7, 11) is 0. The van der Waals surface area contributed by atoms with Crippen LogP contribution in [0.15, 0.2) is 22.7 Å². The van der Waals surface area contributed by atoms with Crippen molar-refractivity contribution in [2.24, 2.45) is 0 Å². The molecule has 0 atom stereocenters. The van der Waals surface area contributed by atoms with Crippen molar-refractivity contribution in [3.63, 3.8) is 0 Å². The summed E-state index contributed by atoms with van der Waals surface area (Å²) in [4.78, 5) is 0. The van der Waals surface area contributed by atoms with Gasteiger partial charge >= 0.3 is 0 Å². The first kappa shape index (κ1) is 13.6. The van der Waals surface area contributed by atoms with Gasteiger partial charge in [0.2, 0.25) is 0 Å². The molecule has 0 spiro atoms.